The van der Waals surface area contributed by atoms with Crippen LogP contribution in [0.2, 0.25) is 0 Å². The van der Waals surface area contributed by atoms with Gasteiger partial charge in [-0.25, -0.2) is 13.6 Å². The Kier molecular flexibility index (Phi) is 4.19. The van der Waals surface area contributed by atoms with Gasteiger partial charge < -0.3 is 5.32 Å². The summed E-state index contributed by atoms with van der Waals surface area (Å²) in [5.74, 6) is -0.0872. The molecule has 0 spiro atoms. The van der Waals surface area contributed by atoms with Crippen LogP contribution in [-0.4, -0.2) is 20.7 Å². The van der Waals surface area contributed by atoms with Crippen molar-refractivity contribution in [1.82, 2.24) is 0 Å². The maximum atomic E-state index is 10.9. The fourth-order valence-electron chi connectivity index (χ4n) is 1.83. The molecule has 4 nitrogen and oxygen atoms in total. The SMILES string of the molecule is NS(=O)(=O)CCNc1ccccc1-c1ccccc1. The van der Waals surface area contributed by atoms with Crippen LogP contribution in [0.3, 0.4) is 0 Å². The van der Waals surface area contributed by atoms with E-state index >= 15 is 0 Å². The predicted molar refractivity (Wildman–Crippen MR) is 78.3 cm³/mol. The topological polar surface area (TPSA) is 72.2 Å². The molecule has 0 aliphatic rings. The second-order valence-electron chi connectivity index (χ2n) is 4.21. The third-order valence-corrected chi connectivity index (χ3v) is 3.49. The van der Waals surface area contributed by atoms with Crippen LogP contribution in [0.25, 0.3) is 11.1 Å². The van der Waals surface area contributed by atoms with Crippen molar-refractivity contribution in [3.63, 3.8) is 0 Å². The molecule has 0 radical (unpaired) electrons. The van der Waals surface area contributed by atoms with E-state index in [0.29, 0.717) is 6.54 Å². The minimum absolute atomic E-state index is 0.0872. The van der Waals surface area contributed by atoms with E-state index in [1.807, 2.05) is 54.6 Å². The normalized spacial score (nSPS) is 11.2. The highest BCUT2D eigenvalue weighted by Gasteiger charge is 2.05. The van der Waals surface area contributed by atoms with Gasteiger partial charge in [-0.1, -0.05) is 48.5 Å². The molecular formula is C14H16N2O2S. The lowest BCUT2D eigenvalue weighted by atomic mass is 10.0. The summed E-state index contributed by atoms with van der Waals surface area (Å²) in [6.45, 7) is 0.294. The number of hydrogen-bond donors (Lipinski definition) is 2. The van der Waals surface area contributed by atoms with E-state index in [0.717, 1.165) is 16.8 Å². The van der Waals surface area contributed by atoms with Gasteiger partial charge in [-0.15, -0.1) is 0 Å². The number of rotatable bonds is 5. The molecule has 3 N–H and O–H groups in total. The predicted octanol–water partition coefficient (Wildman–Crippen LogP) is 2.05. The van der Waals surface area contributed by atoms with Crippen molar-refractivity contribution in [3.8, 4) is 11.1 Å². The number of anilines is 1. The first kappa shape index (κ1) is 13.6. The number of primary sulfonamides is 1. The molecule has 2 aromatic carbocycles. The van der Waals surface area contributed by atoms with Crippen molar-refractivity contribution < 1.29 is 8.42 Å². The lowest BCUT2D eigenvalue weighted by molar-refractivity contribution is 0.598. The summed E-state index contributed by atoms with van der Waals surface area (Å²) in [6.07, 6.45) is 0. The summed E-state index contributed by atoms with van der Waals surface area (Å²) in [5, 5.41) is 8.09. The molecule has 0 heterocycles. The van der Waals surface area contributed by atoms with Crippen LogP contribution in [0, 0.1) is 0 Å². The maximum absolute atomic E-state index is 10.9. The summed E-state index contributed by atoms with van der Waals surface area (Å²) in [7, 11) is -3.43. The summed E-state index contributed by atoms with van der Waals surface area (Å²) < 4.78 is 21.8. The molecule has 0 fully saturated rings. The van der Waals surface area contributed by atoms with Gasteiger partial charge in [0.1, 0.15) is 0 Å². The van der Waals surface area contributed by atoms with E-state index in [2.05, 4.69) is 5.32 Å². The van der Waals surface area contributed by atoms with E-state index < -0.39 is 10.0 Å². The average molecular weight is 276 g/mol. The van der Waals surface area contributed by atoms with Gasteiger partial charge in [0.2, 0.25) is 10.0 Å². The lowest BCUT2D eigenvalue weighted by Crippen LogP contribution is -2.22. The van der Waals surface area contributed by atoms with Crippen molar-refractivity contribution in [2.45, 2.75) is 0 Å². The van der Waals surface area contributed by atoms with Gasteiger partial charge in [-0.3, -0.25) is 0 Å². The molecule has 0 aliphatic heterocycles. The van der Waals surface area contributed by atoms with Crippen molar-refractivity contribution in [3.05, 3.63) is 54.6 Å². The Balaban J connectivity index is 2.18. The number of benzene rings is 2. The highest BCUT2D eigenvalue weighted by atomic mass is 32.2. The summed E-state index contributed by atoms with van der Waals surface area (Å²) >= 11 is 0. The molecule has 100 valence electrons. The minimum Gasteiger partial charge on any atom is -0.383 e. The summed E-state index contributed by atoms with van der Waals surface area (Å²) in [6, 6.07) is 17.7. The van der Waals surface area contributed by atoms with Crippen LogP contribution >= 0.6 is 0 Å². The zero-order valence-corrected chi connectivity index (χ0v) is 11.2. The van der Waals surface area contributed by atoms with Gasteiger partial charge in [0.15, 0.2) is 0 Å². The first-order chi connectivity index (χ1) is 9.06. The van der Waals surface area contributed by atoms with Gasteiger partial charge in [0.05, 0.1) is 5.75 Å². The average Bonchev–Trinajstić information content (AvgIpc) is 2.39. The largest absolute Gasteiger partial charge is 0.383 e. The molecule has 19 heavy (non-hydrogen) atoms. The smallest absolute Gasteiger partial charge is 0.210 e. The Morgan fingerprint density at radius 1 is 0.947 bits per heavy atom. The van der Waals surface area contributed by atoms with Crippen LogP contribution in [0.1, 0.15) is 0 Å². The molecule has 2 aromatic rings. The van der Waals surface area contributed by atoms with Gasteiger partial charge >= 0.3 is 0 Å². The third-order valence-electron chi connectivity index (χ3n) is 2.71. The standard InChI is InChI=1S/C14H16N2O2S/c15-19(17,18)11-10-16-14-9-5-4-8-13(14)12-6-2-1-3-7-12/h1-9,16H,10-11H2,(H2,15,17,18). The Morgan fingerprint density at radius 2 is 1.58 bits per heavy atom. The van der Waals surface area contributed by atoms with Crippen LogP contribution in [0.5, 0.6) is 0 Å². The Labute approximate surface area is 113 Å². The number of nitrogens with one attached hydrogen (secondary N) is 1. The van der Waals surface area contributed by atoms with E-state index in [4.69, 9.17) is 5.14 Å². The second kappa shape index (κ2) is 5.86. The molecule has 0 bridgehead atoms. The fourth-order valence-corrected chi connectivity index (χ4v) is 2.22. The van der Waals surface area contributed by atoms with Crippen molar-refractivity contribution >= 4 is 15.7 Å². The highest BCUT2D eigenvalue weighted by Crippen LogP contribution is 2.27. The molecule has 0 saturated heterocycles. The molecule has 0 atom stereocenters. The van der Waals surface area contributed by atoms with Gasteiger partial charge in [-0.2, -0.15) is 0 Å². The molecule has 0 unspecified atom stereocenters. The minimum atomic E-state index is -3.43. The number of para-hydroxylation sites is 1. The Morgan fingerprint density at radius 3 is 2.26 bits per heavy atom. The summed E-state index contributed by atoms with van der Waals surface area (Å²) in [4.78, 5) is 0. The fraction of sp³-hybridized carbons (Fsp3) is 0.143. The van der Waals surface area contributed by atoms with Gasteiger partial charge in [0.25, 0.3) is 0 Å². The monoisotopic (exact) mass is 276 g/mol. The van der Waals surface area contributed by atoms with E-state index in [-0.39, 0.29) is 5.75 Å². The highest BCUT2D eigenvalue weighted by molar-refractivity contribution is 7.89. The van der Waals surface area contributed by atoms with E-state index in [9.17, 15) is 8.42 Å². The molecule has 0 amide bonds. The van der Waals surface area contributed by atoms with Crippen molar-refractivity contribution in [1.29, 1.82) is 0 Å². The first-order valence-corrected chi connectivity index (χ1v) is 7.66. The van der Waals surface area contributed by atoms with Gasteiger partial charge in [0, 0.05) is 17.8 Å². The van der Waals surface area contributed by atoms with Crippen LogP contribution in [0.15, 0.2) is 54.6 Å². The van der Waals surface area contributed by atoms with Crippen molar-refractivity contribution in [2.75, 3.05) is 17.6 Å². The van der Waals surface area contributed by atoms with E-state index in [1.54, 1.807) is 0 Å². The molecule has 5 heteroatoms. The lowest BCUT2D eigenvalue weighted by Gasteiger charge is -2.11. The number of nitrogens with two attached hydrogens (primary N) is 1. The number of sulfonamides is 1. The molecule has 0 saturated carbocycles. The Hall–Kier alpha value is -1.85. The zero-order valence-electron chi connectivity index (χ0n) is 10.4. The molecule has 0 aromatic heterocycles. The van der Waals surface area contributed by atoms with Crippen LogP contribution in [-0.2, 0) is 10.0 Å². The molecular weight excluding hydrogens is 260 g/mol. The Bertz CT molecular complexity index is 640. The quantitative estimate of drug-likeness (QED) is 0.878. The zero-order chi connectivity index (χ0) is 13.7. The van der Waals surface area contributed by atoms with Gasteiger partial charge in [-0.05, 0) is 11.6 Å². The summed E-state index contributed by atoms with van der Waals surface area (Å²) in [5.41, 5.74) is 3.02. The second-order valence-corrected chi connectivity index (χ2v) is 5.94. The van der Waals surface area contributed by atoms with Crippen LogP contribution in [0.4, 0.5) is 5.69 Å². The molecule has 2 rings (SSSR count). The maximum Gasteiger partial charge on any atom is 0.210 e. The number of hydrogen-bond acceptors (Lipinski definition) is 3. The van der Waals surface area contributed by atoms with E-state index in [1.165, 1.54) is 0 Å². The third kappa shape index (κ3) is 4.08. The van der Waals surface area contributed by atoms with Crippen LogP contribution < -0.4 is 10.5 Å². The molecule has 0 aliphatic carbocycles. The van der Waals surface area contributed by atoms with Crippen molar-refractivity contribution in [2.24, 2.45) is 5.14 Å². The first-order valence-electron chi connectivity index (χ1n) is 5.95.